The minimum atomic E-state index is -0.908. The Hall–Kier alpha value is -16.8. The molecule has 780 valence electrons. The Morgan fingerprint density at radius 3 is 0.927 bits per heavy atom. The van der Waals surface area contributed by atoms with Gasteiger partial charge in [-0.3, -0.25) is 28.8 Å². The normalized spacial score (nSPS) is 17.7. The Morgan fingerprint density at radius 2 is 0.607 bits per heavy atom. The molecule has 0 N–H and O–H groups in total. The molecule has 0 amide bonds. The summed E-state index contributed by atoms with van der Waals surface area (Å²) in [5, 5.41) is 0. The second-order valence-electron chi connectivity index (χ2n) is 37.0. The van der Waals surface area contributed by atoms with Gasteiger partial charge in [-0.05, 0) is 198 Å². The van der Waals surface area contributed by atoms with Gasteiger partial charge in [0.05, 0.1) is 166 Å². The molecule has 32 nitrogen and oxygen atoms in total. The number of Topliss-reactive ketones (excluding diaryl/α,β-unsaturated/α-hetero) is 6. The van der Waals surface area contributed by atoms with Crippen molar-refractivity contribution in [3.05, 3.63) is 404 Å². The highest BCUT2D eigenvalue weighted by molar-refractivity contribution is 5.99. The predicted octanol–water partition coefficient (Wildman–Crippen LogP) is 21.2. The number of esters is 6. The van der Waals surface area contributed by atoms with Gasteiger partial charge >= 0.3 is 35.8 Å². The number of allylic oxidation sites excluding steroid dienone is 2. The second-order valence-corrected chi connectivity index (χ2v) is 37.0. The van der Waals surface area contributed by atoms with Crippen LogP contribution in [0.1, 0.15) is 285 Å². The van der Waals surface area contributed by atoms with Crippen LogP contribution in [0.25, 0.3) is 0 Å². The van der Waals surface area contributed by atoms with Crippen LogP contribution in [0.3, 0.4) is 0 Å². The van der Waals surface area contributed by atoms with Crippen LogP contribution >= 0.6 is 0 Å². The molecule has 14 atom stereocenters. The number of carbonyl (C=O) groups is 12. The Kier molecular flexibility index (Phi) is 40.7. The van der Waals surface area contributed by atoms with Crippen LogP contribution in [-0.4, -0.2) is 159 Å². The van der Waals surface area contributed by atoms with Crippen LogP contribution in [0.4, 0.5) is 0 Å². The van der Waals surface area contributed by atoms with E-state index in [4.69, 9.17) is 37.9 Å². The molecule has 7 aromatic carbocycles. The minimum absolute atomic E-state index is 0. The zero-order chi connectivity index (χ0) is 106. The van der Waals surface area contributed by atoms with Gasteiger partial charge in [0.1, 0.15) is 88.0 Å². The van der Waals surface area contributed by atoms with Crippen LogP contribution in [0.2, 0.25) is 0 Å². The highest BCUT2D eigenvalue weighted by atomic mass is 16.6. The molecule has 0 spiro atoms. The zero-order valence-electron chi connectivity index (χ0n) is 85.3. The van der Waals surface area contributed by atoms with E-state index in [2.05, 4.69) is 29.9 Å². The van der Waals surface area contributed by atoms with E-state index in [1.807, 2.05) is 233 Å². The fourth-order valence-corrected chi connectivity index (χ4v) is 18.1. The molecule has 13 aromatic rings. The van der Waals surface area contributed by atoms with Crippen molar-refractivity contribution in [2.24, 2.45) is 35.5 Å². The summed E-state index contributed by atoms with van der Waals surface area (Å²) < 4.78 is 53.9. The third-order valence-electron chi connectivity index (χ3n) is 27.0. The van der Waals surface area contributed by atoms with E-state index in [9.17, 15) is 57.5 Å². The summed E-state index contributed by atoms with van der Waals surface area (Å²) in [7, 11) is 0. The van der Waals surface area contributed by atoms with Crippen molar-refractivity contribution in [1.29, 1.82) is 0 Å². The van der Waals surface area contributed by atoms with Crippen LogP contribution in [0.15, 0.2) is 331 Å². The Labute approximate surface area is 872 Å². The summed E-state index contributed by atoms with van der Waals surface area (Å²) in [4.78, 5) is 170. The molecule has 3 saturated carbocycles. The summed E-state index contributed by atoms with van der Waals surface area (Å²) >= 11 is 0. The average Bonchev–Trinajstić information content (AvgIpc) is 1.64. The van der Waals surface area contributed by atoms with Gasteiger partial charge in [0.2, 0.25) is 0 Å². The van der Waals surface area contributed by atoms with Crippen molar-refractivity contribution in [3.63, 3.8) is 0 Å². The smallest absolute Gasteiger partial charge is 0.362 e. The van der Waals surface area contributed by atoms with E-state index in [1.54, 1.807) is 119 Å². The van der Waals surface area contributed by atoms with Gasteiger partial charge in [-0.1, -0.05) is 208 Å². The van der Waals surface area contributed by atoms with E-state index in [0.29, 0.717) is 46.1 Å². The van der Waals surface area contributed by atoms with Crippen molar-refractivity contribution >= 4 is 70.5 Å². The maximum Gasteiger partial charge on any atom is 0.362 e. The Morgan fingerprint density at radius 1 is 0.320 bits per heavy atom. The largest absolute Gasteiger partial charge is 0.473 e. The van der Waals surface area contributed by atoms with Gasteiger partial charge in [-0.25, -0.2) is 58.7 Å². The lowest BCUT2D eigenvalue weighted by molar-refractivity contribution is -0.127. The van der Waals surface area contributed by atoms with Gasteiger partial charge in [0.15, 0.2) is 17.7 Å². The number of imidazole rings is 6. The summed E-state index contributed by atoms with van der Waals surface area (Å²) in [5.41, 5.74) is 9.02. The highest BCUT2D eigenvalue weighted by Gasteiger charge is 2.45. The number of rotatable bonds is 33. The van der Waals surface area contributed by atoms with Crippen LogP contribution < -0.4 is 4.74 Å². The first-order valence-corrected chi connectivity index (χ1v) is 49.7. The second kappa shape index (κ2) is 54.6. The lowest BCUT2D eigenvalue weighted by Crippen LogP contribution is -2.34. The number of nitrogens with zero attached hydrogens (tertiary/aromatic N) is 12. The molecular weight excluding hydrogens is 1910 g/mol. The van der Waals surface area contributed by atoms with Crippen molar-refractivity contribution in [2.45, 2.75) is 203 Å². The van der Waals surface area contributed by atoms with E-state index in [0.717, 1.165) is 78.3 Å². The molecule has 5 aliphatic rings. The number of hydrogen-bond acceptors (Lipinski definition) is 26. The maximum atomic E-state index is 12.7. The maximum absolute atomic E-state index is 12.7. The summed E-state index contributed by atoms with van der Waals surface area (Å²) in [6, 6.07) is 65.6. The monoisotopic (exact) mass is 2030 g/mol. The van der Waals surface area contributed by atoms with Gasteiger partial charge < -0.3 is 65.3 Å². The molecule has 150 heavy (non-hydrogen) atoms. The fraction of sp³-hybridized carbons (Fsp3) is 0.322. The van der Waals surface area contributed by atoms with Gasteiger partial charge in [0, 0.05) is 11.8 Å². The summed E-state index contributed by atoms with van der Waals surface area (Å²) in [6.07, 6.45) is 36.4. The van der Waals surface area contributed by atoms with E-state index >= 15 is 0 Å². The molecule has 2 aliphatic heterocycles. The first-order chi connectivity index (χ1) is 72.0. The number of ether oxygens (including phenoxy) is 8. The molecule has 3 fully saturated rings. The van der Waals surface area contributed by atoms with Crippen molar-refractivity contribution < 1.29 is 95.4 Å². The fourth-order valence-electron chi connectivity index (χ4n) is 18.1. The summed E-state index contributed by atoms with van der Waals surface area (Å²) in [5.74, 6) is -4.23. The van der Waals surface area contributed by atoms with Crippen LogP contribution in [-0.2, 0) is 57.1 Å². The lowest BCUT2D eigenvalue weighted by Gasteiger charge is -2.29. The van der Waals surface area contributed by atoms with Gasteiger partial charge in [-0.15, -0.1) is 0 Å². The summed E-state index contributed by atoms with van der Waals surface area (Å²) in [6.45, 7) is 21.0. The predicted molar refractivity (Wildman–Crippen MR) is 560 cm³/mol. The molecule has 3 aliphatic carbocycles. The number of aromatic nitrogens is 12. The van der Waals surface area contributed by atoms with Gasteiger partial charge in [0.25, 0.3) is 0 Å². The van der Waals surface area contributed by atoms with E-state index in [1.165, 1.54) is 89.9 Å². The standard InChI is InChI=1S/C21H22N2O4.C20H20N2O4.C20H24N2O3.C20H18N2O3.C19H22N2O3.C17H18N2O3.CH4/c1-15(17-6-4-3-5-7-17)23-14-22-12-20(23)21(25)27-13-19(16(2)24)18-8-10-26-11-9-18;1-14(16-6-4-3-5-7-16)22-13-21-12-18(22)20(24)26-19(15(2)23)17-8-10-25-11-9-17;2*1-14(16-8-4-3-5-9-16)22-13-21-12-18(22)20(24)25-19-11-7-6-10-17(19)15(2)23;1-13(15-7-4-3-5-8-15)21-12-20-11-17(21)19(23)24-18-10-6-9-16(18)14(2)22;1-11(13-6-4-3-5-7-13)19-10-18-9-15(19)17(21)22-16-8-14(16)12(2)20;/h3-12,14-15,18-19H,13H2,1-2H3;3-14,17,19H,1-2H3;3-5,8-9,12-14,17,19H,6-7,10-11H2,1-2H3;3-14H,1-2H3;3-5,7-8,11-13,16,18H,6,9-10H2,1-2H3;3-7,9-11,14,16H,8H2,1-2H3;1H4/t15-,19?;14-,19?;14-,17?,19?;14-;13-,16?,18?;11-,14?,16?;/m111111./s1. The number of hydrogen-bond donors (Lipinski definition) is 0. The Balaban J connectivity index is 0.000000159. The van der Waals surface area contributed by atoms with Gasteiger partial charge in [-0.2, -0.15) is 0 Å². The Bertz CT molecular complexity index is 6820. The van der Waals surface area contributed by atoms with E-state index < -0.39 is 47.8 Å². The zero-order valence-corrected chi connectivity index (χ0v) is 85.3. The number of benzene rings is 7. The highest BCUT2D eigenvalue weighted by Crippen LogP contribution is 2.38. The number of ketones is 6. The van der Waals surface area contributed by atoms with Crippen molar-refractivity contribution in [2.75, 3.05) is 6.61 Å². The molecule has 0 saturated heterocycles. The molecule has 0 radical (unpaired) electrons. The molecule has 32 heteroatoms. The van der Waals surface area contributed by atoms with Crippen LogP contribution in [0, 0.1) is 35.5 Å². The third kappa shape index (κ3) is 29.6. The topological polar surface area (TPSA) is 386 Å². The molecule has 8 heterocycles. The number of para-hydroxylation sites is 1. The first-order valence-electron chi connectivity index (χ1n) is 49.7. The minimum Gasteiger partial charge on any atom is -0.473 e. The number of carbonyl (C=O) groups excluding carboxylic acids is 12. The quantitative estimate of drug-likeness (QED) is 0.0159. The molecular formula is C118H128N12O20. The molecule has 0 bridgehead atoms. The molecule has 6 aromatic heterocycles. The van der Waals surface area contributed by atoms with Crippen LogP contribution in [0.5, 0.6) is 5.75 Å². The molecule has 8 unspecified atom stereocenters. The molecule has 18 rings (SSSR count). The SMILES string of the molecule is C.CC(=O)C(COC(=O)c1cncn1[C@H](C)c1ccccc1)C1C=COC=C1.CC(=O)C(OC(=O)c1cncn1[C@H](C)c1ccccc1)C1C=COC=C1.CC(=O)C1CC1OC(=O)c1cncn1[C@H](C)c1ccccc1.CC(=O)C1CCCC1OC(=O)c1cncn1[C@H](C)c1ccccc1.CC(=O)C1CCCCC1OC(=O)c1cncn1[C@H](C)c1ccccc1.CC(=O)c1ccccc1OC(=O)c1cncn1[C@H](C)c1ccccc1. The third-order valence-corrected chi connectivity index (χ3v) is 27.0. The van der Waals surface area contributed by atoms with E-state index in [-0.39, 0.29) is 139 Å². The first kappa shape index (κ1) is 112. The van der Waals surface area contributed by atoms with Crippen molar-refractivity contribution in [1.82, 2.24) is 57.3 Å². The van der Waals surface area contributed by atoms with Crippen molar-refractivity contribution in [3.8, 4) is 5.75 Å². The average molecular weight is 2030 g/mol. The lowest BCUT2D eigenvalue weighted by atomic mass is 9.84.